The lowest BCUT2D eigenvalue weighted by Gasteiger charge is -2.14. The number of unbranched alkanes of at least 4 members (excludes halogenated alkanes) is 2. The maximum Gasteiger partial charge on any atom is 0.279 e. The molecule has 0 spiro atoms. The first-order valence-electron chi connectivity index (χ1n) is 9.19. The third-order valence-corrected chi connectivity index (χ3v) is 4.90. The number of hydrogen-bond acceptors (Lipinski definition) is 4. The molecule has 27 heavy (non-hydrogen) atoms. The zero-order valence-electron chi connectivity index (χ0n) is 15.8. The zero-order valence-corrected chi connectivity index (χ0v) is 15.8. The summed E-state index contributed by atoms with van der Waals surface area (Å²) in [5.41, 5.74) is 5.97. The number of aromatic nitrogens is 1. The van der Waals surface area contributed by atoms with Crippen LogP contribution in [0.3, 0.4) is 0 Å². The molecule has 1 aromatic carbocycles. The second-order valence-electron chi connectivity index (χ2n) is 6.63. The molecule has 2 heterocycles. The molecule has 1 unspecified atom stereocenters. The van der Waals surface area contributed by atoms with Gasteiger partial charge < -0.3 is 9.72 Å². The summed E-state index contributed by atoms with van der Waals surface area (Å²) in [6, 6.07) is 7.94. The van der Waals surface area contributed by atoms with E-state index in [9.17, 15) is 9.59 Å². The minimum Gasteiger partial charge on any atom is -0.474 e. The van der Waals surface area contributed by atoms with Crippen molar-refractivity contribution in [2.75, 3.05) is 7.11 Å². The largest absolute Gasteiger partial charge is 0.474 e. The molecule has 0 fully saturated rings. The van der Waals surface area contributed by atoms with Gasteiger partial charge in [0.15, 0.2) is 5.94 Å². The molecule has 2 aromatic rings. The van der Waals surface area contributed by atoms with Crippen molar-refractivity contribution in [1.82, 2.24) is 10.5 Å². The normalized spacial score (nSPS) is 16.6. The van der Waals surface area contributed by atoms with Gasteiger partial charge in [-0.15, -0.1) is 0 Å². The van der Waals surface area contributed by atoms with Crippen LogP contribution in [0.2, 0.25) is 0 Å². The number of rotatable bonds is 7. The van der Waals surface area contributed by atoms with Crippen molar-refractivity contribution in [3.05, 3.63) is 46.9 Å². The van der Waals surface area contributed by atoms with Crippen LogP contribution in [0.5, 0.6) is 0 Å². The Morgan fingerprint density at radius 2 is 2.11 bits per heavy atom. The molecular formula is C21H24N2O4. The van der Waals surface area contributed by atoms with Crippen LogP contribution in [-0.2, 0) is 19.2 Å². The van der Waals surface area contributed by atoms with Crippen LogP contribution in [0.1, 0.15) is 43.9 Å². The Kier molecular flexibility index (Phi) is 5.79. The van der Waals surface area contributed by atoms with Crippen molar-refractivity contribution in [3.63, 3.8) is 0 Å². The fourth-order valence-corrected chi connectivity index (χ4v) is 3.61. The first kappa shape index (κ1) is 19.0. The molecular weight excluding hydrogens is 344 g/mol. The van der Waals surface area contributed by atoms with Crippen LogP contribution in [0.15, 0.2) is 35.6 Å². The summed E-state index contributed by atoms with van der Waals surface area (Å²) >= 11 is 0. The highest BCUT2D eigenvalue weighted by atomic mass is 16.6. The first-order valence-corrected chi connectivity index (χ1v) is 9.19. The molecule has 1 atom stereocenters. The lowest BCUT2D eigenvalue weighted by Crippen LogP contribution is -2.24. The van der Waals surface area contributed by atoms with E-state index < -0.39 is 5.91 Å². The number of fused-ring (bicyclic) bond motifs is 1. The number of amides is 1. The van der Waals surface area contributed by atoms with Gasteiger partial charge in [0.05, 0.1) is 12.8 Å². The molecule has 0 bridgehead atoms. The number of hydrogen-bond donors (Lipinski definition) is 2. The standard InChI is InChI=1S/C21H24N2O4/c1-4-5-6-11-16-18(19(17(12-24)27-16)21(25)23-26-3)20-13(2)14-9-7-8-10-15(14)22-20/h7-10,16,22H,4-6,11H2,1-3H3,(H,23,25). The molecule has 1 amide bonds. The molecule has 1 aliphatic heterocycles. The minimum absolute atomic E-state index is 0.0703. The van der Waals surface area contributed by atoms with Crippen molar-refractivity contribution < 1.29 is 19.2 Å². The van der Waals surface area contributed by atoms with Crippen molar-refractivity contribution in [2.24, 2.45) is 0 Å². The number of para-hydroxylation sites is 1. The van der Waals surface area contributed by atoms with Crippen LogP contribution in [0, 0.1) is 6.92 Å². The lowest BCUT2D eigenvalue weighted by atomic mass is 9.94. The van der Waals surface area contributed by atoms with Crippen LogP contribution in [-0.4, -0.2) is 30.0 Å². The topological polar surface area (TPSA) is 80.4 Å². The number of H-pyrrole nitrogens is 1. The summed E-state index contributed by atoms with van der Waals surface area (Å²) in [6.07, 6.45) is 3.41. The number of aromatic amines is 1. The molecule has 6 nitrogen and oxygen atoms in total. The fraction of sp³-hybridized carbons (Fsp3) is 0.381. The lowest BCUT2D eigenvalue weighted by molar-refractivity contribution is -0.127. The Balaban J connectivity index is 2.17. The van der Waals surface area contributed by atoms with Gasteiger partial charge in [0.25, 0.3) is 5.91 Å². The van der Waals surface area contributed by atoms with E-state index in [0.717, 1.165) is 41.4 Å². The highest BCUT2D eigenvalue weighted by Gasteiger charge is 2.38. The summed E-state index contributed by atoms with van der Waals surface area (Å²) in [6.45, 7) is 4.13. The Labute approximate surface area is 158 Å². The summed E-state index contributed by atoms with van der Waals surface area (Å²) < 4.78 is 5.84. The van der Waals surface area contributed by atoms with Crippen LogP contribution in [0.4, 0.5) is 0 Å². The molecule has 0 radical (unpaired) electrons. The van der Waals surface area contributed by atoms with Crippen molar-refractivity contribution in [3.8, 4) is 0 Å². The number of benzene rings is 1. The Bertz CT molecular complexity index is 935. The molecule has 0 aliphatic carbocycles. The molecule has 1 aliphatic rings. The van der Waals surface area contributed by atoms with E-state index in [-0.39, 0.29) is 17.4 Å². The minimum atomic E-state index is -0.512. The quantitative estimate of drug-likeness (QED) is 0.444. The fourth-order valence-electron chi connectivity index (χ4n) is 3.61. The average molecular weight is 368 g/mol. The number of nitrogens with one attached hydrogen (secondary N) is 2. The zero-order chi connectivity index (χ0) is 19.4. The molecule has 2 N–H and O–H groups in total. The van der Waals surface area contributed by atoms with E-state index in [1.54, 1.807) is 5.94 Å². The van der Waals surface area contributed by atoms with E-state index in [4.69, 9.17) is 9.57 Å². The van der Waals surface area contributed by atoms with E-state index >= 15 is 0 Å². The second-order valence-corrected chi connectivity index (χ2v) is 6.63. The van der Waals surface area contributed by atoms with Gasteiger partial charge in [0.2, 0.25) is 5.76 Å². The van der Waals surface area contributed by atoms with Gasteiger partial charge in [-0.25, -0.2) is 10.3 Å². The number of carbonyl (C=O) groups is 1. The first-order chi connectivity index (χ1) is 13.1. The monoisotopic (exact) mass is 368 g/mol. The summed E-state index contributed by atoms with van der Waals surface area (Å²) in [7, 11) is 1.35. The summed E-state index contributed by atoms with van der Waals surface area (Å²) in [5, 5.41) is 1.07. The van der Waals surface area contributed by atoms with Gasteiger partial charge in [-0.05, 0) is 31.4 Å². The highest BCUT2D eigenvalue weighted by Crippen LogP contribution is 2.40. The smallest absolute Gasteiger partial charge is 0.279 e. The Morgan fingerprint density at radius 3 is 2.78 bits per heavy atom. The van der Waals surface area contributed by atoms with Crippen molar-refractivity contribution in [2.45, 2.75) is 45.6 Å². The second kappa shape index (κ2) is 8.25. The maximum atomic E-state index is 12.6. The average Bonchev–Trinajstić information content (AvgIpc) is 3.20. The highest BCUT2D eigenvalue weighted by molar-refractivity contribution is 6.09. The van der Waals surface area contributed by atoms with Crippen molar-refractivity contribution in [1.29, 1.82) is 0 Å². The van der Waals surface area contributed by atoms with Gasteiger partial charge >= 0.3 is 0 Å². The van der Waals surface area contributed by atoms with Crippen LogP contribution >= 0.6 is 0 Å². The third kappa shape index (κ3) is 3.54. The Hall–Kier alpha value is -2.82. The van der Waals surface area contributed by atoms with Gasteiger partial charge in [0, 0.05) is 16.5 Å². The molecule has 1 aromatic heterocycles. The van der Waals surface area contributed by atoms with Gasteiger partial charge in [-0.3, -0.25) is 9.63 Å². The SMILES string of the molecule is CCCCCC1OC(=C=O)C(C(=O)NOC)=C1c1[nH]c2ccccc2c1C. The van der Waals surface area contributed by atoms with E-state index in [2.05, 4.69) is 17.4 Å². The van der Waals surface area contributed by atoms with Crippen LogP contribution in [0.25, 0.3) is 16.5 Å². The maximum absolute atomic E-state index is 12.6. The van der Waals surface area contributed by atoms with E-state index in [1.165, 1.54) is 7.11 Å². The van der Waals surface area contributed by atoms with Gasteiger partial charge in [0.1, 0.15) is 11.7 Å². The third-order valence-electron chi connectivity index (χ3n) is 4.90. The molecule has 0 saturated heterocycles. The predicted molar refractivity (Wildman–Crippen MR) is 103 cm³/mol. The number of aryl methyl sites for hydroxylation is 1. The number of hydroxylamine groups is 1. The van der Waals surface area contributed by atoms with Gasteiger partial charge in [-0.1, -0.05) is 38.0 Å². The summed E-state index contributed by atoms with van der Waals surface area (Å²) in [5.74, 6) is 1.20. The van der Waals surface area contributed by atoms with Crippen LogP contribution < -0.4 is 5.48 Å². The Morgan fingerprint density at radius 1 is 1.33 bits per heavy atom. The predicted octanol–water partition coefficient (Wildman–Crippen LogP) is 3.60. The van der Waals surface area contributed by atoms with E-state index in [0.29, 0.717) is 12.0 Å². The molecule has 0 saturated carbocycles. The number of carbonyl (C=O) groups excluding carboxylic acids is 2. The molecule has 3 rings (SSSR count). The number of ether oxygens (including phenoxy) is 1. The summed E-state index contributed by atoms with van der Waals surface area (Å²) in [4.78, 5) is 32.3. The van der Waals surface area contributed by atoms with Crippen molar-refractivity contribution >= 4 is 28.3 Å². The molecule has 6 heteroatoms. The molecule has 142 valence electrons. The van der Waals surface area contributed by atoms with E-state index in [1.807, 2.05) is 31.2 Å². The van der Waals surface area contributed by atoms with Gasteiger partial charge in [-0.2, -0.15) is 0 Å².